The third-order valence-corrected chi connectivity index (χ3v) is 10.2. The SMILES string of the molecule is Fc1c2ncc3c(nc(OC[C@@]45CCCN4C[C@H](F)C5)nc13)N1CCOCC(COCCCCc3c(Cl)cc4[nH]ncc4c3-2)C1. The smallest absolute Gasteiger partial charge is 0.319 e. The number of halogens is 3. The van der Waals surface area contributed by atoms with Crippen molar-refractivity contribution in [2.45, 2.75) is 50.2 Å². The van der Waals surface area contributed by atoms with Crippen molar-refractivity contribution in [1.29, 1.82) is 0 Å². The Morgan fingerprint density at radius 3 is 2.87 bits per heavy atom. The number of anilines is 1. The first kappa shape index (κ1) is 29.2. The van der Waals surface area contributed by atoms with Crippen molar-refractivity contribution in [3.63, 3.8) is 0 Å². The first-order chi connectivity index (χ1) is 22.0. The van der Waals surface area contributed by atoms with Gasteiger partial charge in [0.25, 0.3) is 0 Å². The van der Waals surface area contributed by atoms with E-state index in [1.807, 2.05) is 6.07 Å². The Hall–Kier alpha value is -3.19. The number of nitrogens with zero attached hydrogens (tertiary/aromatic N) is 6. The van der Waals surface area contributed by atoms with E-state index in [2.05, 4.69) is 25.0 Å². The summed E-state index contributed by atoms with van der Waals surface area (Å²) in [6.45, 7) is 4.87. The molecule has 1 unspecified atom stereocenters. The van der Waals surface area contributed by atoms with E-state index in [0.717, 1.165) is 43.2 Å². The van der Waals surface area contributed by atoms with Gasteiger partial charge < -0.3 is 19.1 Å². The van der Waals surface area contributed by atoms with Gasteiger partial charge >= 0.3 is 6.01 Å². The third-order valence-electron chi connectivity index (χ3n) is 9.87. The number of ether oxygens (including phenoxy) is 3. The molecular formula is C32H36ClF2N7O3. The minimum atomic E-state index is -0.886. The van der Waals surface area contributed by atoms with Gasteiger partial charge in [0, 0.05) is 60.7 Å². The van der Waals surface area contributed by atoms with Crippen LogP contribution in [-0.4, -0.2) is 101 Å². The summed E-state index contributed by atoms with van der Waals surface area (Å²) in [7, 11) is 0. The van der Waals surface area contributed by atoms with Crippen molar-refractivity contribution in [3.8, 4) is 17.3 Å². The maximum absolute atomic E-state index is 17.0. The molecule has 5 aliphatic rings. The molecule has 13 heteroatoms. The molecule has 45 heavy (non-hydrogen) atoms. The van der Waals surface area contributed by atoms with Crippen LogP contribution in [0.15, 0.2) is 18.5 Å². The highest BCUT2D eigenvalue weighted by atomic mass is 35.5. The molecule has 5 aliphatic heterocycles. The molecule has 0 saturated carbocycles. The lowest BCUT2D eigenvalue weighted by Gasteiger charge is -2.31. The highest BCUT2D eigenvalue weighted by molar-refractivity contribution is 6.33. The van der Waals surface area contributed by atoms with Crippen molar-refractivity contribution in [1.82, 2.24) is 30.0 Å². The highest BCUT2D eigenvalue weighted by Gasteiger charge is 2.49. The van der Waals surface area contributed by atoms with E-state index in [1.54, 1.807) is 12.4 Å². The summed E-state index contributed by atoms with van der Waals surface area (Å²) >= 11 is 6.82. The molecule has 0 amide bonds. The molecule has 4 aromatic rings. The largest absolute Gasteiger partial charge is 0.461 e. The van der Waals surface area contributed by atoms with Crippen LogP contribution < -0.4 is 9.64 Å². The van der Waals surface area contributed by atoms with Crippen LogP contribution in [0.4, 0.5) is 14.6 Å². The van der Waals surface area contributed by atoms with E-state index in [9.17, 15) is 4.39 Å². The molecule has 0 radical (unpaired) electrons. The Balaban J connectivity index is 1.29. The van der Waals surface area contributed by atoms with Crippen LogP contribution in [0.2, 0.25) is 5.02 Å². The van der Waals surface area contributed by atoms with Gasteiger partial charge in [-0.2, -0.15) is 15.1 Å². The van der Waals surface area contributed by atoms with E-state index >= 15 is 4.39 Å². The molecule has 0 spiro atoms. The number of aromatic amines is 1. The number of fused-ring (bicyclic) bond motifs is 8. The van der Waals surface area contributed by atoms with Gasteiger partial charge in [0.15, 0.2) is 5.82 Å². The Bertz CT molecular complexity index is 1740. The summed E-state index contributed by atoms with van der Waals surface area (Å²) in [5.41, 5.74) is 1.98. The zero-order valence-corrected chi connectivity index (χ0v) is 25.8. The molecule has 6 bridgehead atoms. The number of nitrogens with one attached hydrogen (secondary N) is 1. The fourth-order valence-electron chi connectivity index (χ4n) is 7.69. The predicted octanol–water partition coefficient (Wildman–Crippen LogP) is 5.12. The highest BCUT2D eigenvalue weighted by Crippen LogP contribution is 2.42. The fourth-order valence-corrected chi connectivity index (χ4v) is 7.99. The number of aromatic nitrogens is 5. The zero-order chi connectivity index (χ0) is 30.5. The van der Waals surface area contributed by atoms with Gasteiger partial charge in [-0.25, -0.2) is 8.78 Å². The van der Waals surface area contributed by atoms with Crippen molar-refractivity contribution in [2.24, 2.45) is 5.92 Å². The average molecular weight is 640 g/mol. The quantitative estimate of drug-likeness (QED) is 0.327. The summed E-state index contributed by atoms with van der Waals surface area (Å²) in [4.78, 5) is 18.5. The Morgan fingerprint density at radius 2 is 1.96 bits per heavy atom. The topological polar surface area (TPSA) is 102 Å². The number of pyridine rings is 1. The summed E-state index contributed by atoms with van der Waals surface area (Å²) in [5, 5.41) is 8.93. The lowest BCUT2D eigenvalue weighted by molar-refractivity contribution is 0.0536. The number of benzene rings is 1. The monoisotopic (exact) mass is 639 g/mol. The number of H-pyrrole nitrogens is 1. The van der Waals surface area contributed by atoms with E-state index in [-0.39, 0.29) is 29.7 Å². The van der Waals surface area contributed by atoms with Crippen LogP contribution in [0.5, 0.6) is 6.01 Å². The van der Waals surface area contributed by atoms with E-state index in [0.29, 0.717) is 86.2 Å². The summed E-state index contributed by atoms with van der Waals surface area (Å²) in [6, 6.07) is 1.90. The number of hydrogen-bond acceptors (Lipinski definition) is 9. The minimum absolute atomic E-state index is 0.0657. The molecule has 10 nitrogen and oxygen atoms in total. The van der Waals surface area contributed by atoms with Gasteiger partial charge in [-0.1, -0.05) is 11.6 Å². The fraction of sp³-hybridized carbons (Fsp3) is 0.562. The lowest BCUT2D eigenvalue weighted by Crippen LogP contribution is -2.43. The molecule has 1 N–H and O–H groups in total. The van der Waals surface area contributed by atoms with Crippen LogP contribution in [0, 0.1) is 11.7 Å². The van der Waals surface area contributed by atoms with E-state index < -0.39 is 17.5 Å². The molecule has 3 fully saturated rings. The van der Waals surface area contributed by atoms with Crippen molar-refractivity contribution >= 4 is 39.2 Å². The van der Waals surface area contributed by atoms with Crippen LogP contribution >= 0.6 is 11.6 Å². The van der Waals surface area contributed by atoms with Gasteiger partial charge in [-0.3, -0.25) is 15.0 Å². The third kappa shape index (κ3) is 5.29. The van der Waals surface area contributed by atoms with E-state index in [1.165, 1.54) is 0 Å². The summed E-state index contributed by atoms with van der Waals surface area (Å²) in [6.07, 6.45) is 6.95. The molecule has 3 saturated heterocycles. The lowest BCUT2D eigenvalue weighted by atomic mass is 9.95. The van der Waals surface area contributed by atoms with Gasteiger partial charge in [-0.05, 0) is 50.3 Å². The van der Waals surface area contributed by atoms with Gasteiger partial charge in [0.1, 0.15) is 29.8 Å². The molecule has 238 valence electrons. The molecule has 1 aromatic carbocycles. The predicted molar refractivity (Wildman–Crippen MR) is 166 cm³/mol. The van der Waals surface area contributed by atoms with Crippen molar-refractivity contribution in [3.05, 3.63) is 34.9 Å². The van der Waals surface area contributed by atoms with Gasteiger partial charge in [0.05, 0.1) is 42.5 Å². The standard InChI is InChI=1S/C32H36ClF2N7O3/c33-24-10-25-22(13-37-40-25)26-21(24)4-1-2-8-43-16-19-14-41(7-9-44-17-19)30-23-12-36-29(26)27(35)28(23)38-31(39-30)45-18-32-5-3-6-42(32)15-20(34)11-32/h10,12-13,19-20H,1-9,11,14-18H2,(H,37,40)/t19?,20-,32+/m1/s1. The Kier molecular flexibility index (Phi) is 7.71. The molecule has 9 rings (SSSR count). The van der Waals surface area contributed by atoms with Crippen LogP contribution in [-0.2, 0) is 15.9 Å². The maximum Gasteiger partial charge on any atom is 0.319 e. The molecule has 3 aromatic heterocycles. The van der Waals surface area contributed by atoms with Crippen LogP contribution in [0.1, 0.15) is 37.7 Å². The van der Waals surface area contributed by atoms with Crippen LogP contribution in [0.3, 0.4) is 0 Å². The second-order valence-electron chi connectivity index (χ2n) is 12.8. The van der Waals surface area contributed by atoms with Gasteiger partial charge in [-0.15, -0.1) is 0 Å². The minimum Gasteiger partial charge on any atom is -0.461 e. The Labute approximate surface area is 264 Å². The molecule has 3 atom stereocenters. The summed E-state index contributed by atoms with van der Waals surface area (Å²) < 4.78 is 49.8. The zero-order valence-electron chi connectivity index (χ0n) is 25.0. The number of rotatable bonds is 3. The van der Waals surface area contributed by atoms with Crippen molar-refractivity contribution < 1.29 is 23.0 Å². The molecule has 0 aliphatic carbocycles. The second kappa shape index (κ2) is 11.9. The second-order valence-corrected chi connectivity index (χ2v) is 13.2. The average Bonchev–Trinajstić information content (AvgIpc) is 3.67. The normalized spacial score (nSPS) is 26.1. The van der Waals surface area contributed by atoms with E-state index in [4.69, 9.17) is 35.8 Å². The maximum atomic E-state index is 17.0. The number of hydrogen-bond donors (Lipinski definition) is 1. The van der Waals surface area contributed by atoms with Gasteiger partial charge in [0.2, 0.25) is 0 Å². The number of alkyl halides is 1. The van der Waals surface area contributed by atoms with Crippen molar-refractivity contribution in [2.75, 3.05) is 64.1 Å². The van der Waals surface area contributed by atoms with Crippen LogP contribution in [0.25, 0.3) is 33.1 Å². The first-order valence-corrected chi connectivity index (χ1v) is 16.3. The Morgan fingerprint density at radius 1 is 1.07 bits per heavy atom. The summed E-state index contributed by atoms with van der Waals surface area (Å²) in [5.74, 6) is 0.0589. The first-order valence-electron chi connectivity index (χ1n) is 15.9. The molecular weight excluding hydrogens is 604 g/mol. The molecule has 8 heterocycles.